The SMILES string of the molecule is CS(=O)(=O)N[C@H]1CCCC[C@@H]1N1C(=O)c2ccccc2[C@@H](C(=O)NCCc2cccc(CC(=O)O)c2)[C@@H]1c1ccc(Cl)cc1Cl. The molecule has 2 amide bonds. The van der Waals surface area contributed by atoms with Gasteiger partial charge in [0.1, 0.15) is 0 Å². The van der Waals surface area contributed by atoms with Crippen LogP contribution in [0.3, 0.4) is 0 Å². The molecule has 3 aromatic rings. The molecule has 3 aromatic carbocycles. The van der Waals surface area contributed by atoms with Gasteiger partial charge in [-0.15, -0.1) is 0 Å². The third-order valence-electron chi connectivity index (χ3n) is 8.45. The number of nitrogens with one attached hydrogen (secondary N) is 2. The quantitative estimate of drug-likeness (QED) is 0.274. The van der Waals surface area contributed by atoms with Crippen LogP contribution >= 0.6 is 23.2 Å². The van der Waals surface area contributed by atoms with Gasteiger partial charge in [0, 0.05) is 34.2 Å². The Hall–Kier alpha value is -3.44. The van der Waals surface area contributed by atoms with Gasteiger partial charge in [0.2, 0.25) is 15.9 Å². The number of aliphatic carboxylic acids is 1. The van der Waals surface area contributed by atoms with Crippen LogP contribution in [-0.4, -0.2) is 61.1 Å². The summed E-state index contributed by atoms with van der Waals surface area (Å²) in [4.78, 5) is 41.5. The predicted octanol–water partition coefficient (Wildman–Crippen LogP) is 5.12. The van der Waals surface area contributed by atoms with Crippen LogP contribution in [0.2, 0.25) is 10.0 Å². The van der Waals surface area contributed by atoms with Crippen molar-refractivity contribution in [2.24, 2.45) is 0 Å². The van der Waals surface area contributed by atoms with Crippen molar-refractivity contribution in [1.29, 1.82) is 0 Å². The lowest BCUT2D eigenvalue weighted by atomic mass is 9.76. The maximum absolute atomic E-state index is 14.4. The Morgan fingerprint density at radius 1 is 0.956 bits per heavy atom. The number of rotatable bonds is 10. The number of carbonyl (C=O) groups is 3. The van der Waals surface area contributed by atoms with Crippen LogP contribution < -0.4 is 10.0 Å². The molecule has 4 atom stereocenters. The monoisotopic (exact) mass is 671 g/mol. The molecular weight excluding hydrogens is 637 g/mol. The summed E-state index contributed by atoms with van der Waals surface area (Å²) < 4.78 is 27.5. The average molecular weight is 673 g/mol. The molecule has 0 bridgehead atoms. The van der Waals surface area contributed by atoms with Crippen LogP contribution in [0.25, 0.3) is 0 Å². The number of nitrogens with zero attached hydrogens (tertiary/aromatic N) is 1. The first kappa shape index (κ1) is 32.9. The van der Waals surface area contributed by atoms with E-state index in [-0.39, 0.29) is 24.8 Å². The molecule has 0 aromatic heterocycles. The number of carboxylic acids is 1. The largest absolute Gasteiger partial charge is 0.481 e. The number of carbonyl (C=O) groups excluding carboxylic acids is 2. The van der Waals surface area contributed by atoms with Gasteiger partial charge in [0.25, 0.3) is 5.91 Å². The minimum atomic E-state index is -3.59. The molecule has 1 aliphatic carbocycles. The van der Waals surface area contributed by atoms with Crippen molar-refractivity contribution in [3.05, 3.63) is 105 Å². The predicted molar refractivity (Wildman–Crippen MR) is 173 cm³/mol. The molecule has 3 N–H and O–H groups in total. The van der Waals surface area contributed by atoms with Crippen molar-refractivity contribution in [2.45, 2.75) is 62.6 Å². The lowest BCUT2D eigenvalue weighted by Gasteiger charge is -2.49. The number of amides is 2. The molecule has 1 fully saturated rings. The highest BCUT2D eigenvalue weighted by Crippen LogP contribution is 2.47. The zero-order chi connectivity index (χ0) is 32.3. The summed E-state index contributed by atoms with van der Waals surface area (Å²) in [6.07, 6.45) is 4.15. The van der Waals surface area contributed by atoms with Gasteiger partial charge in [0.15, 0.2) is 0 Å². The van der Waals surface area contributed by atoms with Crippen LogP contribution in [0.1, 0.15) is 70.3 Å². The number of hydrogen-bond donors (Lipinski definition) is 3. The fourth-order valence-electron chi connectivity index (χ4n) is 6.64. The first-order chi connectivity index (χ1) is 21.4. The van der Waals surface area contributed by atoms with Gasteiger partial charge in [-0.2, -0.15) is 0 Å². The number of carboxylic acid groups (broad SMARTS) is 1. The fraction of sp³-hybridized carbons (Fsp3) is 0.364. The number of fused-ring (bicyclic) bond motifs is 1. The molecule has 1 heterocycles. The molecule has 45 heavy (non-hydrogen) atoms. The summed E-state index contributed by atoms with van der Waals surface area (Å²) in [5, 5.41) is 12.9. The molecule has 0 spiro atoms. The lowest BCUT2D eigenvalue weighted by Crippen LogP contribution is -2.59. The highest BCUT2D eigenvalue weighted by molar-refractivity contribution is 7.88. The van der Waals surface area contributed by atoms with Crippen LogP contribution in [0.4, 0.5) is 0 Å². The molecule has 0 radical (unpaired) electrons. The normalized spacial score (nSPS) is 21.7. The summed E-state index contributed by atoms with van der Waals surface area (Å²) in [5.74, 6) is -2.40. The van der Waals surface area contributed by atoms with Crippen molar-refractivity contribution in [3.63, 3.8) is 0 Å². The molecule has 0 unspecified atom stereocenters. The zero-order valence-corrected chi connectivity index (χ0v) is 27.0. The van der Waals surface area contributed by atoms with E-state index >= 15 is 0 Å². The topological polar surface area (TPSA) is 133 Å². The average Bonchev–Trinajstić information content (AvgIpc) is 2.97. The second kappa shape index (κ2) is 13.9. The first-order valence-electron chi connectivity index (χ1n) is 14.8. The van der Waals surface area contributed by atoms with E-state index in [4.69, 9.17) is 28.3 Å². The van der Waals surface area contributed by atoms with E-state index in [1.54, 1.807) is 59.5 Å². The Bertz CT molecular complexity index is 1720. The summed E-state index contributed by atoms with van der Waals surface area (Å²) in [6, 6.07) is 17.3. The Labute approximate surface area is 273 Å². The molecule has 1 aliphatic heterocycles. The summed E-state index contributed by atoms with van der Waals surface area (Å²) in [6.45, 7) is 0.269. The van der Waals surface area contributed by atoms with E-state index in [9.17, 15) is 22.8 Å². The number of benzene rings is 3. The summed E-state index contributed by atoms with van der Waals surface area (Å²) >= 11 is 13.0. The second-order valence-corrected chi connectivity index (χ2v) is 14.3. The van der Waals surface area contributed by atoms with Gasteiger partial charge < -0.3 is 15.3 Å². The second-order valence-electron chi connectivity index (χ2n) is 11.7. The fourth-order valence-corrected chi connectivity index (χ4v) is 7.98. The highest BCUT2D eigenvalue weighted by Gasteiger charge is 2.49. The number of hydrogen-bond acceptors (Lipinski definition) is 5. The van der Waals surface area contributed by atoms with Gasteiger partial charge in [-0.1, -0.05) is 84.6 Å². The number of halogens is 2. The summed E-state index contributed by atoms with van der Waals surface area (Å²) in [5.41, 5.74) is 3.02. The van der Waals surface area contributed by atoms with Gasteiger partial charge in [-0.25, -0.2) is 13.1 Å². The molecule has 238 valence electrons. The maximum atomic E-state index is 14.4. The summed E-state index contributed by atoms with van der Waals surface area (Å²) in [7, 11) is -3.59. The van der Waals surface area contributed by atoms with E-state index < -0.39 is 40.0 Å². The molecular formula is C33H35Cl2N3O6S. The Balaban J connectivity index is 1.54. The molecule has 2 aliphatic rings. The molecule has 12 heteroatoms. The van der Waals surface area contributed by atoms with Crippen molar-refractivity contribution in [3.8, 4) is 0 Å². The van der Waals surface area contributed by atoms with Gasteiger partial charge >= 0.3 is 5.97 Å². The number of sulfonamides is 1. The zero-order valence-electron chi connectivity index (χ0n) is 24.7. The van der Waals surface area contributed by atoms with Crippen molar-refractivity contribution in [1.82, 2.24) is 14.9 Å². The van der Waals surface area contributed by atoms with Crippen molar-refractivity contribution < 1.29 is 27.9 Å². The first-order valence-corrected chi connectivity index (χ1v) is 17.5. The van der Waals surface area contributed by atoms with Crippen LogP contribution in [0, 0.1) is 0 Å². The lowest BCUT2D eigenvalue weighted by molar-refractivity contribution is -0.136. The Morgan fingerprint density at radius 2 is 1.69 bits per heavy atom. The highest BCUT2D eigenvalue weighted by atomic mass is 35.5. The molecule has 5 rings (SSSR count). The minimum absolute atomic E-state index is 0.0944. The van der Waals surface area contributed by atoms with E-state index in [0.29, 0.717) is 51.6 Å². The van der Waals surface area contributed by atoms with Gasteiger partial charge in [0.05, 0.1) is 24.6 Å². The van der Waals surface area contributed by atoms with Crippen molar-refractivity contribution in [2.75, 3.05) is 12.8 Å². The third kappa shape index (κ3) is 7.69. The smallest absolute Gasteiger partial charge is 0.307 e. The van der Waals surface area contributed by atoms with E-state index in [2.05, 4.69) is 10.0 Å². The molecule has 9 nitrogen and oxygen atoms in total. The van der Waals surface area contributed by atoms with Crippen LogP contribution in [0.5, 0.6) is 0 Å². The van der Waals surface area contributed by atoms with E-state index in [1.807, 2.05) is 12.1 Å². The van der Waals surface area contributed by atoms with E-state index in [0.717, 1.165) is 24.7 Å². The Kier molecular flexibility index (Phi) is 10.2. The van der Waals surface area contributed by atoms with Gasteiger partial charge in [-0.3, -0.25) is 14.4 Å². The van der Waals surface area contributed by atoms with Crippen LogP contribution in [-0.2, 0) is 32.5 Å². The van der Waals surface area contributed by atoms with E-state index in [1.165, 1.54) is 0 Å². The van der Waals surface area contributed by atoms with Crippen molar-refractivity contribution >= 4 is 51.0 Å². The molecule has 0 saturated heterocycles. The maximum Gasteiger partial charge on any atom is 0.307 e. The van der Waals surface area contributed by atoms with Gasteiger partial charge in [-0.05, 0) is 59.7 Å². The molecule has 1 saturated carbocycles. The Morgan fingerprint density at radius 3 is 2.42 bits per heavy atom. The minimum Gasteiger partial charge on any atom is -0.481 e. The van der Waals surface area contributed by atoms with Crippen LogP contribution in [0.15, 0.2) is 66.7 Å². The standard InChI is InChI=1S/C33H35Cl2N3O6S/c1-45(43,44)37-27-11-4-5-12-28(27)38-31(25-14-13-22(34)19-26(25)35)30(23-9-2-3-10-24(23)33(38)42)32(41)36-16-15-20-7-6-8-21(17-20)18-29(39)40/h2-3,6-10,13-14,17,19,27-28,30-31,37H,4-5,11-12,15-16,18H2,1H3,(H,36,41)(H,39,40)/t27-,28-,30+,31-/m0/s1. The third-order valence-corrected chi connectivity index (χ3v) is 9.75.